The first-order valence-corrected chi connectivity index (χ1v) is 6.18. The average Bonchev–Trinajstić information content (AvgIpc) is 2.34. The predicted molar refractivity (Wildman–Crippen MR) is 73.2 cm³/mol. The summed E-state index contributed by atoms with van der Waals surface area (Å²) in [6, 6.07) is 9.18. The van der Waals surface area contributed by atoms with Crippen molar-refractivity contribution in [3.8, 4) is 11.1 Å². The Balaban J connectivity index is 2.51. The van der Waals surface area contributed by atoms with E-state index in [1.807, 2.05) is 0 Å². The summed E-state index contributed by atoms with van der Waals surface area (Å²) in [5.74, 6) is -1.64. The lowest BCUT2D eigenvalue weighted by molar-refractivity contribution is -0.136. The highest BCUT2D eigenvalue weighted by Crippen LogP contribution is 2.31. The lowest BCUT2D eigenvalue weighted by atomic mass is 10.0. The van der Waals surface area contributed by atoms with E-state index in [1.54, 1.807) is 18.2 Å². The topological polar surface area (TPSA) is 37.3 Å². The molecule has 0 atom stereocenters. The zero-order chi connectivity index (χ0) is 14.0. The van der Waals surface area contributed by atoms with Gasteiger partial charge in [0.25, 0.3) is 0 Å². The van der Waals surface area contributed by atoms with Crippen LogP contribution in [-0.2, 0) is 11.2 Å². The number of hydrogen-bond donors (Lipinski definition) is 1. The molecule has 2 aromatic rings. The van der Waals surface area contributed by atoms with Gasteiger partial charge in [-0.1, -0.05) is 29.3 Å². The molecular formula is C14H9Cl2FO2. The first-order valence-electron chi connectivity index (χ1n) is 5.43. The van der Waals surface area contributed by atoms with Crippen LogP contribution in [0.1, 0.15) is 5.56 Å². The molecular weight excluding hydrogens is 290 g/mol. The van der Waals surface area contributed by atoms with E-state index in [0.717, 1.165) is 0 Å². The van der Waals surface area contributed by atoms with Crippen molar-refractivity contribution in [2.24, 2.45) is 0 Å². The molecule has 0 radical (unpaired) electrons. The summed E-state index contributed by atoms with van der Waals surface area (Å²) in [6.45, 7) is 0. The second-order valence-corrected chi connectivity index (χ2v) is 4.84. The molecule has 0 heterocycles. The van der Waals surface area contributed by atoms with Gasteiger partial charge >= 0.3 is 5.97 Å². The van der Waals surface area contributed by atoms with Crippen LogP contribution in [0.3, 0.4) is 0 Å². The van der Waals surface area contributed by atoms with Crippen LogP contribution in [0.2, 0.25) is 10.0 Å². The van der Waals surface area contributed by atoms with Gasteiger partial charge in [-0.05, 0) is 41.5 Å². The SMILES string of the molecule is O=C(O)Cc1cc(-c2cc(Cl)ccc2Cl)ccc1F. The van der Waals surface area contributed by atoms with Crippen LogP contribution >= 0.6 is 23.2 Å². The van der Waals surface area contributed by atoms with Gasteiger partial charge in [0.05, 0.1) is 6.42 Å². The van der Waals surface area contributed by atoms with Gasteiger partial charge in [0, 0.05) is 15.6 Å². The van der Waals surface area contributed by atoms with Crippen molar-refractivity contribution in [1.82, 2.24) is 0 Å². The van der Waals surface area contributed by atoms with Gasteiger partial charge < -0.3 is 5.11 Å². The van der Waals surface area contributed by atoms with Crippen LogP contribution in [0.5, 0.6) is 0 Å². The summed E-state index contributed by atoms with van der Waals surface area (Å²) in [6.07, 6.45) is -0.377. The van der Waals surface area contributed by atoms with Crippen LogP contribution in [0, 0.1) is 5.82 Å². The van der Waals surface area contributed by atoms with E-state index in [4.69, 9.17) is 28.3 Å². The summed E-state index contributed by atoms with van der Waals surface area (Å²) in [5, 5.41) is 9.71. The Morgan fingerprint density at radius 2 is 1.89 bits per heavy atom. The Morgan fingerprint density at radius 1 is 1.16 bits per heavy atom. The van der Waals surface area contributed by atoms with E-state index in [1.165, 1.54) is 18.2 Å². The first-order chi connectivity index (χ1) is 8.97. The maximum Gasteiger partial charge on any atom is 0.307 e. The second-order valence-electron chi connectivity index (χ2n) is 4.00. The normalized spacial score (nSPS) is 10.5. The molecule has 0 aliphatic carbocycles. The predicted octanol–water partition coefficient (Wildman–Crippen LogP) is 4.43. The molecule has 0 aliphatic heterocycles. The molecule has 2 nitrogen and oxygen atoms in total. The molecule has 0 amide bonds. The van der Waals surface area contributed by atoms with Gasteiger partial charge in [0.15, 0.2) is 0 Å². The van der Waals surface area contributed by atoms with Crippen molar-refractivity contribution in [1.29, 1.82) is 0 Å². The molecule has 0 fully saturated rings. The maximum atomic E-state index is 13.5. The second kappa shape index (κ2) is 5.59. The first kappa shape index (κ1) is 13.8. The van der Waals surface area contributed by atoms with Crippen LogP contribution in [0.15, 0.2) is 36.4 Å². The molecule has 98 valence electrons. The van der Waals surface area contributed by atoms with E-state index in [-0.39, 0.29) is 12.0 Å². The summed E-state index contributed by atoms with van der Waals surface area (Å²) in [5.41, 5.74) is 1.38. The minimum absolute atomic E-state index is 0.112. The molecule has 5 heteroatoms. The molecule has 0 saturated carbocycles. The summed E-state index contributed by atoms with van der Waals surface area (Å²) in [7, 11) is 0. The Labute approximate surface area is 119 Å². The van der Waals surface area contributed by atoms with Crippen molar-refractivity contribution >= 4 is 29.2 Å². The van der Waals surface area contributed by atoms with Gasteiger partial charge in [-0.25, -0.2) is 4.39 Å². The van der Waals surface area contributed by atoms with Crippen LogP contribution in [0.4, 0.5) is 4.39 Å². The largest absolute Gasteiger partial charge is 0.481 e. The molecule has 2 rings (SSSR count). The third kappa shape index (κ3) is 3.25. The number of aliphatic carboxylic acids is 1. The molecule has 19 heavy (non-hydrogen) atoms. The summed E-state index contributed by atoms with van der Waals surface area (Å²) in [4.78, 5) is 10.7. The molecule has 1 N–H and O–H groups in total. The Hall–Kier alpha value is -1.58. The van der Waals surface area contributed by atoms with Gasteiger partial charge in [-0.2, -0.15) is 0 Å². The quantitative estimate of drug-likeness (QED) is 0.910. The van der Waals surface area contributed by atoms with Crippen LogP contribution in [0.25, 0.3) is 11.1 Å². The molecule has 0 aliphatic rings. The Morgan fingerprint density at radius 3 is 2.58 bits per heavy atom. The van der Waals surface area contributed by atoms with Gasteiger partial charge in [0.2, 0.25) is 0 Å². The summed E-state index contributed by atoms with van der Waals surface area (Å²) < 4.78 is 13.5. The third-order valence-electron chi connectivity index (χ3n) is 2.63. The lowest BCUT2D eigenvalue weighted by Gasteiger charge is -2.08. The van der Waals surface area contributed by atoms with E-state index < -0.39 is 11.8 Å². The number of halogens is 3. The molecule has 2 aromatic carbocycles. The fraction of sp³-hybridized carbons (Fsp3) is 0.0714. The molecule has 0 unspecified atom stereocenters. The zero-order valence-electron chi connectivity index (χ0n) is 9.66. The van der Waals surface area contributed by atoms with Crippen molar-refractivity contribution < 1.29 is 14.3 Å². The lowest BCUT2D eigenvalue weighted by Crippen LogP contribution is -2.02. The highest BCUT2D eigenvalue weighted by molar-refractivity contribution is 6.35. The van der Waals surface area contributed by atoms with E-state index in [0.29, 0.717) is 21.2 Å². The van der Waals surface area contributed by atoms with E-state index in [9.17, 15) is 9.18 Å². The monoisotopic (exact) mass is 298 g/mol. The Kier molecular flexibility index (Phi) is 4.08. The van der Waals surface area contributed by atoms with E-state index >= 15 is 0 Å². The van der Waals surface area contributed by atoms with Gasteiger partial charge in [-0.3, -0.25) is 4.79 Å². The molecule has 0 bridgehead atoms. The molecule has 0 saturated heterocycles. The fourth-order valence-corrected chi connectivity index (χ4v) is 2.16. The van der Waals surface area contributed by atoms with Crippen molar-refractivity contribution in [3.05, 3.63) is 57.8 Å². The smallest absolute Gasteiger partial charge is 0.307 e. The van der Waals surface area contributed by atoms with Gasteiger partial charge in [0.1, 0.15) is 5.82 Å². The number of rotatable bonds is 3. The minimum Gasteiger partial charge on any atom is -0.481 e. The minimum atomic E-state index is -1.09. The molecule has 0 aromatic heterocycles. The van der Waals surface area contributed by atoms with Gasteiger partial charge in [-0.15, -0.1) is 0 Å². The average molecular weight is 299 g/mol. The van der Waals surface area contributed by atoms with Crippen molar-refractivity contribution in [2.45, 2.75) is 6.42 Å². The number of carbonyl (C=O) groups is 1. The molecule has 0 spiro atoms. The number of carboxylic acid groups (broad SMARTS) is 1. The number of benzene rings is 2. The zero-order valence-corrected chi connectivity index (χ0v) is 11.2. The number of hydrogen-bond acceptors (Lipinski definition) is 1. The number of carboxylic acids is 1. The van der Waals surface area contributed by atoms with Crippen LogP contribution < -0.4 is 0 Å². The van der Waals surface area contributed by atoms with Crippen molar-refractivity contribution in [3.63, 3.8) is 0 Å². The highest BCUT2D eigenvalue weighted by atomic mass is 35.5. The fourth-order valence-electron chi connectivity index (χ4n) is 1.76. The Bertz CT molecular complexity index is 641. The van der Waals surface area contributed by atoms with E-state index in [2.05, 4.69) is 0 Å². The summed E-state index contributed by atoms with van der Waals surface area (Å²) >= 11 is 12.0. The highest BCUT2D eigenvalue weighted by Gasteiger charge is 2.11. The third-order valence-corrected chi connectivity index (χ3v) is 3.19. The standard InChI is InChI=1S/C14H9Cl2FO2/c15-10-2-3-12(16)11(7-10)8-1-4-13(17)9(5-8)6-14(18)19/h1-5,7H,6H2,(H,18,19). The maximum absolute atomic E-state index is 13.5. The van der Waals surface area contributed by atoms with Crippen LogP contribution in [-0.4, -0.2) is 11.1 Å². The van der Waals surface area contributed by atoms with Crippen molar-refractivity contribution in [2.75, 3.05) is 0 Å².